The number of benzene rings is 1. The lowest BCUT2D eigenvalue weighted by Gasteiger charge is -2.38. The van der Waals surface area contributed by atoms with E-state index in [0.29, 0.717) is 5.41 Å². The Hall–Kier alpha value is -0.860. The van der Waals surface area contributed by atoms with Gasteiger partial charge in [0.05, 0.1) is 0 Å². The van der Waals surface area contributed by atoms with Crippen LogP contribution in [0.15, 0.2) is 24.3 Å². The third-order valence-electron chi connectivity index (χ3n) is 4.91. The van der Waals surface area contributed by atoms with Crippen molar-refractivity contribution < 1.29 is 0 Å². The Kier molecular flexibility index (Phi) is 5.83. The highest BCUT2D eigenvalue weighted by atomic mass is 15.1. The molecular formula is C19H32N2. The van der Waals surface area contributed by atoms with Crippen LogP contribution in [0.2, 0.25) is 0 Å². The van der Waals surface area contributed by atoms with E-state index in [4.69, 9.17) is 0 Å². The fourth-order valence-corrected chi connectivity index (χ4v) is 3.30. The molecule has 118 valence electrons. The van der Waals surface area contributed by atoms with Gasteiger partial charge in [0.25, 0.3) is 0 Å². The zero-order valence-corrected chi connectivity index (χ0v) is 14.3. The number of likely N-dealkylation sites (N-methyl/N-ethyl adjacent to an activating group) is 1. The number of rotatable bonds is 5. The van der Waals surface area contributed by atoms with Gasteiger partial charge in [-0.2, -0.15) is 0 Å². The van der Waals surface area contributed by atoms with Crippen molar-refractivity contribution in [2.45, 2.75) is 46.6 Å². The monoisotopic (exact) mass is 288 g/mol. The Morgan fingerprint density at radius 2 is 1.62 bits per heavy atom. The minimum absolute atomic E-state index is 0.473. The van der Waals surface area contributed by atoms with Crippen LogP contribution in [0, 0.1) is 11.3 Å². The minimum atomic E-state index is 0.473. The van der Waals surface area contributed by atoms with Crippen LogP contribution in [0.1, 0.15) is 44.7 Å². The van der Waals surface area contributed by atoms with E-state index in [0.717, 1.165) is 25.4 Å². The molecule has 0 saturated carbocycles. The van der Waals surface area contributed by atoms with E-state index < -0.39 is 0 Å². The summed E-state index contributed by atoms with van der Waals surface area (Å²) >= 11 is 0. The van der Waals surface area contributed by atoms with E-state index in [9.17, 15) is 0 Å². The zero-order chi connectivity index (χ0) is 15.3. The van der Waals surface area contributed by atoms with Crippen LogP contribution in [0.3, 0.4) is 0 Å². The van der Waals surface area contributed by atoms with Gasteiger partial charge in [0, 0.05) is 6.54 Å². The van der Waals surface area contributed by atoms with Crippen molar-refractivity contribution in [1.82, 2.24) is 10.2 Å². The number of likely N-dealkylation sites (tertiary alicyclic amines) is 1. The van der Waals surface area contributed by atoms with Gasteiger partial charge in [0.2, 0.25) is 0 Å². The Labute approximate surface area is 130 Å². The fourth-order valence-electron chi connectivity index (χ4n) is 3.30. The van der Waals surface area contributed by atoms with Gasteiger partial charge in [-0.25, -0.2) is 0 Å². The van der Waals surface area contributed by atoms with E-state index in [1.54, 1.807) is 0 Å². The Morgan fingerprint density at radius 3 is 2.14 bits per heavy atom. The summed E-state index contributed by atoms with van der Waals surface area (Å²) in [5.41, 5.74) is 3.36. The number of nitrogens with zero attached hydrogens (tertiary/aromatic N) is 1. The van der Waals surface area contributed by atoms with Crippen molar-refractivity contribution in [2.75, 3.05) is 26.7 Å². The first-order chi connectivity index (χ1) is 9.99. The lowest BCUT2D eigenvalue weighted by atomic mass is 9.75. The molecule has 0 bridgehead atoms. The molecule has 0 aromatic heterocycles. The first kappa shape index (κ1) is 16.5. The van der Waals surface area contributed by atoms with Crippen LogP contribution < -0.4 is 5.32 Å². The van der Waals surface area contributed by atoms with Crippen LogP contribution in [0.5, 0.6) is 0 Å². The molecule has 1 aromatic carbocycles. The van der Waals surface area contributed by atoms with Gasteiger partial charge in [0.15, 0.2) is 0 Å². The summed E-state index contributed by atoms with van der Waals surface area (Å²) in [7, 11) is 2.01. The van der Waals surface area contributed by atoms with Crippen molar-refractivity contribution in [2.24, 2.45) is 11.3 Å². The standard InChI is InChI=1S/C19H32N2/c1-19(2,3)18-10-13-21(14-11-18)15-17-7-5-16(6-8-17)9-12-20-4/h5-8,18,20H,9-15H2,1-4H3. The number of piperidine rings is 1. The molecule has 0 unspecified atom stereocenters. The summed E-state index contributed by atoms with van der Waals surface area (Å²) in [6, 6.07) is 9.19. The SMILES string of the molecule is CNCCc1ccc(CN2CCC(C(C)(C)C)CC2)cc1. The molecular weight excluding hydrogens is 256 g/mol. The molecule has 0 spiro atoms. The van der Waals surface area contributed by atoms with Gasteiger partial charge in [0.1, 0.15) is 0 Å². The molecule has 0 atom stereocenters. The largest absolute Gasteiger partial charge is 0.319 e. The van der Waals surface area contributed by atoms with E-state index in [-0.39, 0.29) is 0 Å². The highest BCUT2D eigenvalue weighted by Gasteiger charge is 2.28. The third kappa shape index (κ3) is 5.12. The van der Waals surface area contributed by atoms with E-state index in [1.165, 1.54) is 37.1 Å². The lowest BCUT2D eigenvalue weighted by Crippen LogP contribution is -2.37. The van der Waals surface area contributed by atoms with Crippen molar-refractivity contribution in [3.05, 3.63) is 35.4 Å². The van der Waals surface area contributed by atoms with E-state index >= 15 is 0 Å². The predicted octanol–water partition coefficient (Wildman–Crippen LogP) is 3.71. The molecule has 0 amide bonds. The van der Waals surface area contributed by atoms with Crippen LogP contribution >= 0.6 is 0 Å². The van der Waals surface area contributed by atoms with Crippen LogP contribution in [0.4, 0.5) is 0 Å². The molecule has 2 nitrogen and oxygen atoms in total. The molecule has 1 aliphatic heterocycles. The third-order valence-corrected chi connectivity index (χ3v) is 4.91. The second-order valence-electron chi connectivity index (χ2n) is 7.59. The molecule has 1 aliphatic rings. The average Bonchev–Trinajstić information content (AvgIpc) is 2.46. The lowest BCUT2D eigenvalue weighted by molar-refractivity contribution is 0.108. The van der Waals surface area contributed by atoms with Gasteiger partial charge in [-0.05, 0) is 68.4 Å². The van der Waals surface area contributed by atoms with Gasteiger partial charge in [-0.15, -0.1) is 0 Å². The zero-order valence-electron chi connectivity index (χ0n) is 14.3. The summed E-state index contributed by atoms with van der Waals surface area (Å²) < 4.78 is 0. The van der Waals surface area contributed by atoms with Crippen LogP contribution in [0.25, 0.3) is 0 Å². The second kappa shape index (κ2) is 7.42. The Bertz CT molecular complexity index is 408. The molecule has 0 aliphatic carbocycles. The first-order valence-electron chi connectivity index (χ1n) is 8.44. The number of nitrogens with one attached hydrogen (secondary N) is 1. The molecule has 1 N–H and O–H groups in total. The van der Waals surface area contributed by atoms with Crippen molar-refractivity contribution in [3.63, 3.8) is 0 Å². The summed E-state index contributed by atoms with van der Waals surface area (Å²) in [5, 5.41) is 3.20. The summed E-state index contributed by atoms with van der Waals surface area (Å²) in [6.45, 7) is 11.8. The molecule has 1 heterocycles. The molecule has 2 heteroatoms. The molecule has 1 saturated heterocycles. The van der Waals surface area contributed by atoms with Gasteiger partial charge >= 0.3 is 0 Å². The summed E-state index contributed by atoms with van der Waals surface area (Å²) in [6.07, 6.45) is 3.82. The molecule has 2 rings (SSSR count). The number of hydrogen-bond acceptors (Lipinski definition) is 2. The predicted molar refractivity (Wildman–Crippen MR) is 91.5 cm³/mol. The summed E-state index contributed by atoms with van der Waals surface area (Å²) in [5.74, 6) is 0.887. The highest BCUT2D eigenvalue weighted by molar-refractivity contribution is 5.22. The maximum absolute atomic E-state index is 3.20. The van der Waals surface area contributed by atoms with E-state index in [1.807, 2.05) is 7.05 Å². The molecule has 21 heavy (non-hydrogen) atoms. The van der Waals surface area contributed by atoms with Gasteiger partial charge in [-0.3, -0.25) is 4.90 Å². The number of hydrogen-bond donors (Lipinski definition) is 1. The molecule has 1 fully saturated rings. The second-order valence-corrected chi connectivity index (χ2v) is 7.59. The van der Waals surface area contributed by atoms with Gasteiger partial charge < -0.3 is 5.32 Å². The van der Waals surface area contributed by atoms with Crippen molar-refractivity contribution in [3.8, 4) is 0 Å². The van der Waals surface area contributed by atoms with Crippen molar-refractivity contribution >= 4 is 0 Å². The average molecular weight is 288 g/mol. The Balaban J connectivity index is 1.80. The first-order valence-corrected chi connectivity index (χ1v) is 8.44. The van der Waals surface area contributed by atoms with Gasteiger partial charge in [-0.1, -0.05) is 45.0 Å². The van der Waals surface area contributed by atoms with E-state index in [2.05, 4.69) is 55.3 Å². The smallest absolute Gasteiger partial charge is 0.0233 e. The minimum Gasteiger partial charge on any atom is -0.319 e. The quantitative estimate of drug-likeness (QED) is 0.888. The topological polar surface area (TPSA) is 15.3 Å². The Morgan fingerprint density at radius 1 is 1.05 bits per heavy atom. The normalized spacial score (nSPS) is 18.1. The summed E-state index contributed by atoms with van der Waals surface area (Å²) in [4.78, 5) is 2.62. The fraction of sp³-hybridized carbons (Fsp3) is 0.684. The van der Waals surface area contributed by atoms with Crippen molar-refractivity contribution in [1.29, 1.82) is 0 Å². The van der Waals surface area contributed by atoms with Crippen LogP contribution in [-0.2, 0) is 13.0 Å². The maximum atomic E-state index is 3.20. The molecule has 0 radical (unpaired) electrons. The highest BCUT2D eigenvalue weighted by Crippen LogP contribution is 2.34. The maximum Gasteiger partial charge on any atom is 0.0233 e. The van der Waals surface area contributed by atoms with Crippen LogP contribution in [-0.4, -0.2) is 31.6 Å². The molecule has 1 aromatic rings.